The molecule has 2 aliphatic rings. The van der Waals surface area contributed by atoms with Crippen LogP contribution >= 0.6 is 0 Å². The largest absolute Gasteiger partial charge is 0.505 e. The lowest BCUT2D eigenvalue weighted by Crippen LogP contribution is -2.65. The summed E-state index contributed by atoms with van der Waals surface area (Å²) in [5, 5.41) is 48.5. The number of fused-ring (bicyclic) bond motifs is 2. The molecule has 0 aliphatic carbocycles. The molecule has 0 saturated carbocycles. The Kier molecular flexibility index (Phi) is 13.8. The van der Waals surface area contributed by atoms with Crippen LogP contribution in [0, 0.1) is 13.8 Å². The second-order valence-electron chi connectivity index (χ2n) is 17.3. The van der Waals surface area contributed by atoms with Crippen molar-refractivity contribution in [2.75, 3.05) is 24.9 Å². The van der Waals surface area contributed by atoms with Gasteiger partial charge in [-0.1, -0.05) is 0 Å². The molecule has 0 bridgehead atoms. The summed E-state index contributed by atoms with van der Waals surface area (Å²) >= 11 is 0. The number of primary amides is 2. The molecule has 5 aromatic rings. The fourth-order valence-electron chi connectivity index (χ4n) is 8.40. The van der Waals surface area contributed by atoms with Gasteiger partial charge in [0, 0.05) is 37.5 Å². The zero-order chi connectivity index (χ0) is 52.2. The Morgan fingerprint density at radius 3 is 1.32 bits per heavy atom. The fraction of sp³-hybridized carbons (Fsp3) is 0.400. The summed E-state index contributed by atoms with van der Waals surface area (Å²) in [6, 6.07) is 6.43. The van der Waals surface area contributed by atoms with Gasteiger partial charge in [0.05, 0.1) is 22.0 Å². The minimum Gasteiger partial charge on any atom is -0.505 e. The van der Waals surface area contributed by atoms with E-state index in [0.29, 0.717) is 12.1 Å². The van der Waals surface area contributed by atoms with Gasteiger partial charge in [-0.05, 0) is 65.8 Å². The number of hydrogen-bond acceptors (Lipinski definition) is 22. The zero-order valence-corrected chi connectivity index (χ0v) is 38.9. The van der Waals surface area contributed by atoms with Gasteiger partial charge in [-0.25, -0.2) is 19.2 Å². The van der Waals surface area contributed by atoms with Crippen molar-refractivity contribution < 1.29 is 90.8 Å². The highest BCUT2D eigenvalue weighted by Gasteiger charge is 2.54. The van der Waals surface area contributed by atoms with Gasteiger partial charge in [-0.3, -0.25) is 14.4 Å². The second kappa shape index (κ2) is 19.2. The standard InChI is InChI=1S/C45H48N4O22/c1-15-20(64-40-28(53)32(68-42(46)59)34(61-7)44(3,4)70-40)11-9-18-26(51)24(38(57)66-30(15)18)48-36(55)22-13-17(50)14-23(63-22)37(56)49-25-27(52)19-10-12-21(16(2)31(19)67-39(25)58)65-41-29(54)33(69-43(47)60)35(62-8)45(5,6)71-41/h9-14,28-29,32-35,40-41,51-54H,1-8H3,(H2,46,59)(H2,47,60)(H,48,55)(H,49,56). The number of aryl methyl sites for hydroxylation is 2. The molecular formula is C45H48N4O22. The van der Waals surface area contributed by atoms with Crippen molar-refractivity contribution in [1.82, 2.24) is 0 Å². The minimum absolute atomic E-state index is 0.0154. The van der Waals surface area contributed by atoms with E-state index in [9.17, 15) is 54.0 Å². The first-order valence-electron chi connectivity index (χ1n) is 21.2. The molecule has 2 aliphatic heterocycles. The molecule has 0 radical (unpaired) electrons. The van der Waals surface area contributed by atoms with Gasteiger partial charge in [0.1, 0.15) is 34.9 Å². The first kappa shape index (κ1) is 51.1. The molecule has 26 heteroatoms. The van der Waals surface area contributed by atoms with E-state index >= 15 is 0 Å². The molecule has 10 N–H and O–H groups in total. The number of rotatable bonds is 12. The summed E-state index contributed by atoms with van der Waals surface area (Å²) in [4.78, 5) is 89.5. The van der Waals surface area contributed by atoms with Crippen LogP contribution in [-0.4, -0.2) is 119 Å². The first-order chi connectivity index (χ1) is 33.3. The summed E-state index contributed by atoms with van der Waals surface area (Å²) in [5.41, 5.74) is 2.62. The first-order valence-corrected chi connectivity index (χ1v) is 21.2. The molecule has 7 rings (SSSR count). The summed E-state index contributed by atoms with van der Waals surface area (Å²) < 4.78 is 61.0. The molecular weight excluding hydrogens is 949 g/mol. The predicted octanol–water partition coefficient (Wildman–Crippen LogP) is 2.09. The molecule has 8 atom stereocenters. The number of aliphatic hydroxyl groups excluding tert-OH is 2. The van der Waals surface area contributed by atoms with Gasteiger partial charge in [0.2, 0.25) is 12.6 Å². The van der Waals surface area contributed by atoms with Gasteiger partial charge in [-0.15, -0.1) is 0 Å². The molecule has 2 fully saturated rings. The van der Waals surface area contributed by atoms with Crippen LogP contribution in [0.4, 0.5) is 21.0 Å². The summed E-state index contributed by atoms with van der Waals surface area (Å²) in [6.07, 6.45) is -13.2. The third kappa shape index (κ3) is 9.75. The maximum atomic E-state index is 13.4. The number of ether oxygens (including phenoxy) is 8. The maximum Gasteiger partial charge on any atom is 0.404 e. The number of methoxy groups -OCH3 is 2. The summed E-state index contributed by atoms with van der Waals surface area (Å²) in [6.45, 7) is 9.24. The van der Waals surface area contributed by atoms with E-state index in [-0.39, 0.29) is 44.6 Å². The van der Waals surface area contributed by atoms with Crippen molar-refractivity contribution in [1.29, 1.82) is 0 Å². The maximum absolute atomic E-state index is 13.4. The lowest BCUT2D eigenvalue weighted by molar-refractivity contribution is -0.304. The molecule has 71 heavy (non-hydrogen) atoms. The predicted molar refractivity (Wildman–Crippen MR) is 240 cm³/mol. The highest BCUT2D eigenvalue weighted by Crippen LogP contribution is 2.41. The Bertz CT molecular complexity index is 2940. The van der Waals surface area contributed by atoms with Gasteiger partial charge >= 0.3 is 23.4 Å². The van der Waals surface area contributed by atoms with E-state index in [2.05, 4.69) is 10.6 Å². The molecule has 2 aromatic carbocycles. The number of benzene rings is 2. The average Bonchev–Trinajstić information content (AvgIpc) is 3.28. The molecule has 380 valence electrons. The lowest BCUT2D eigenvalue weighted by Gasteiger charge is -2.47. The van der Waals surface area contributed by atoms with Crippen molar-refractivity contribution in [3.63, 3.8) is 0 Å². The number of hydrogen-bond donors (Lipinski definition) is 8. The van der Waals surface area contributed by atoms with Crippen LogP contribution in [0.1, 0.15) is 59.9 Å². The van der Waals surface area contributed by atoms with Crippen molar-refractivity contribution in [3.8, 4) is 23.0 Å². The van der Waals surface area contributed by atoms with Crippen LogP contribution in [-0.2, 0) is 28.4 Å². The number of carbonyl (C=O) groups is 4. The Labute approximate surface area is 398 Å². The monoisotopic (exact) mass is 996 g/mol. The highest BCUT2D eigenvalue weighted by atomic mass is 16.7. The Hall–Kier alpha value is -7.75. The Morgan fingerprint density at radius 2 is 0.986 bits per heavy atom. The van der Waals surface area contributed by atoms with Gasteiger partial charge in [0.15, 0.2) is 64.2 Å². The van der Waals surface area contributed by atoms with Crippen molar-refractivity contribution >= 4 is 57.3 Å². The van der Waals surface area contributed by atoms with Crippen LogP contribution in [0.15, 0.2) is 64.0 Å². The van der Waals surface area contributed by atoms with Gasteiger partial charge in [-0.2, -0.15) is 0 Å². The van der Waals surface area contributed by atoms with Crippen LogP contribution in [0.2, 0.25) is 0 Å². The smallest absolute Gasteiger partial charge is 0.404 e. The van der Waals surface area contributed by atoms with Crippen molar-refractivity contribution in [3.05, 3.63) is 90.1 Å². The normalized spacial score (nSPS) is 23.6. The average molecular weight is 997 g/mol. The van der Waals surface area contributed by atoms with Crippen molar-refractivity contribution in [2.24, 2.45) is 11.5 Å². The molecule has 4 amide bonds. The van der Waals surface area contributed by atoms with E-state index in [0.717, 1.165) is 0 Å². The van der Waals surface area contributed by atoms with E-state index < -0.39 is 135 Å². The van der Waals surface area contributed by atoms with Crippen LogP contribution in [0.3, 0.4) is 0 Å². The SMILES string of the molecule is COC1C(OC(N)=O)C(O)C(Oc2ccc3c(O)c(NC(=O)c4cc(=O)cc(C(=O)Nc5c(O)c6ccc(OC7OC(C)(C)C(OC)C(OC(N)=O)C7O)c(C)c6oc5=O)o4)c(=O)oc3c2C)OC1(C)C. The zero-order valence-electron chi connectivity index (χ0n) is 38.9. The second-order valence-corrected chi connectivity index (χ2v) is 17.3. The van der Waals surface area contributed by atoms with Gasteiger partial charge in [0.25, 0.3) is 11.8 Å². The van der Waals surface area contributed by atoms with E-state index in [1.165, 1.54) is 52.3 Å². The minimum atomic E-state index is -1.63. The molecule has 3 aromatic heterocycles. The molecule has 8 unspecified atom stereocenters. The topological polar surface area (TPSA) is 390 Å². The Morgan fingerprint density at radius 1 is 0.620 bits per heavy atom. The van der Waals surface area contributed by atoms with Gasteiger partial charge < -0.3 is 93.7 Å². The number of nitrogens with two attached hydrogens (primary N) is 2. The summed E-state index contributed by atoms with van der Waals surface area (Å²) in [7, 11) is 2.63. The number of carbonyl (C=O) groups excluding carboxylic acids is 4. The van der Waals surface area contributed by atoms with Crippen LogP contribution < -0.4 is 48.3 Å². The number of aromatic hydroxyl groups is 2. The Balaban J connectivity index is 1.09. The molecule has 0 spiro atoms. The number of anilines is 2. The number of aliphatic hydroxyl groups is 2. The third-order valence-electron chi connectivity index (χ3n) is 11.7. The quantitative estimate of drug-likeness (QED) is 0.0829. The van der Waals surface area contributed by atoms with Crippen LogP contribution in [0.5, 0.6) is 23.0 Å². The van der Waals surface area contributed by atoms with Crippen LogP contribution in [0.25, 0.3) is 21.9 Å². The summed E-state index contributed by atoms with van der Waals surface area (Å²) in [5.74, 6) is -6.00. The number of amides is 4. The fourth-order valence-corrected chi connectivity index (χ4v) is 8.40. The van der Waals surface area contributed by atoms with Crippen molar-refractivity contribution in [2.45, 2.75) is 102 Å². The highest BCUT2D eigenvalue weighted by molar-refractivity contribution is 6.07. The number of nitrogens with one attached hydrogen (secondary N) is 2. The van der Waals surface area contributed by atoms with E-state index in [1.54, 1.807) is 27.7 Å². The van der Waals surface area contributed by atoms with E-state index in [4.69, 9.17) is 62.6 Å². The third-order valence-corrected chi connectivity index (χ3v) is 11.7. The molecule has 2 saturated heterocycles. The lowest BCUT2D eigenvalue weighted by atomic mass is 9.89. The molecule has 5 heterocycles. The van der Waals surface area contributed by atoms with E-state index in [1.807, 2.05) is 0 Å². The molecule has 26 nitrogen and oxygen atoms in total.